The maximum absolute atomic E-state index is 2.35. The average molecular weight is 252 g/mol. The highest BCUT2D eigenvalue weighted by Gasteiger charge is 2.11. The van der Waals surface area contributed by atoms with Crippen LogP contribution in [0.25, 0.3) is 5.57 Å². The van der Waals surface area contributed by atoms with Crippen LogP contribution < -0.4 is 0 Å². The zero-order chi connectivity index (χ0) is 12.2. The average Bonchev–Trinajstić information content (AvgIpc) is 2.63. The van der Waals surface area contributed by atoms with Gasteiger partial charge in [0.15, 0.2) is 0 Å². The quantitative estimate of drug-likeness (QED) is 0.755. The molecule has 0 amide bonds. The van der Waals surface area contributed by atoms with E-state index in [1.807, 2.05) is 11.8 Å². The number of hydrogen-bond donors (Lipinski definition) is 0. The number of rotatable bonds is 2. The van der Waals surface area contributed by atoms with Crippen molar-refractivity contribution < 1.29 is 0 Å². The predicted molar refractivity (Wildman–Crippen MR) is 80.7 cm³/mol. The van der Waals surface area contributed by atoms with E-state index >= 15 is 0 Å². The Morgan fingerprint density at radius 1 is 0.889 bits per heavy atom. The molecular weight excluding hydrogens is 236 g/mol. The fourth-order valence-electron chi connectivity index (χ4n) is 2.40. The van der Waals surface area contributed by atoms with Crippen molar-refractivity contribution in [3.8, 4) is 0 Å². The van der Waals surface area contributed by atoms with Gasteiger partial charge < -0.3 is 0 Å². The number of fused-ring (bicyclic) bond motifs is 1. The van der Waals surface area contributed by atoms with Gasteiger partial charge in [0.1, 0.15) is 0 Å². The van der Waals surface area contributed by atoms with Crippen LogP contribution in [0.1, 0.15) is 16.7 Å². The monoisotopic (exact) mass is 252 g/mol. The Morgan fingerprint density at radius 2 is 1.67 bits per heavy atom. The van der Waals surface area contributed by atoms with Crippen molar-refractivity contribution in [1.82, 2.24) is 0 Å². The molecule has 1 aliphatic rings. The fourth-order valence-corrected chi connectivity index (χ4v) is 3.26. The second-order valence-electron chi connectivity index (χ2n) is 4.58. The van der Waals surface area contributed by atoms with Gasteiger partial charge in [-0.25, -0.2) is 0 Å². The number of aryl methyl sites for hydroxylation is 1. The van der Waals surface area contributed by atoms with Gasteiger partial charge in [-0.3, -0.25) is 0 Å². The molecule has 1 heterocycles. The lowest BCUT2D eigenvalue weighted by Gasteiger charge is -2.10. The summed E-state index contributed by atoms with van der Waals surface area (Å²) >= 11 is 1.94. The van der Waals surface area contributed by atoms with E-state index < -0.39 is 0 Å². The van der Waals surface area contributed by atoms with Crippen molar-refractivity contribution >= 4 is 17.3 Å². The van der Waals surface area contributed by atoms with Crippen LogP contribution in [-0.4, -0.2) is 5.75 Å². The molecule has 2 aromatic carbocycles. The topological polar surface area (TPSA) is 0 Å². The number of benzene rings is 2. The highest BCUT2D eigenvalue weighted by atomic mass is 32.2. The molecule has 0 saturated carbocycles. The summed E-state index contributed by atoms with van der Waals surface area (Å²) in [4.78, 5) is 0. The first-order valence-electron chi connectivity index (χ1n) is 6.36. The summed E-state index contributed by atoms with van der Waals surface area (Å²) in [7, 11) is 0. The molecule has 0 aromatic heterocycles. The van der Waals surface area contributed by atoms with Gasteiger partial charge in [0.2, 0.25) is 0 Å². The Bertz CT molecular complexity index is 555. The number of hydrogen-bond acceptors (Lipinski definition) is 1. The van der Waals surface area contributed by atoms with Gasteiger partial charge >= 0.3 is 0 Å². The second-order valence-corrected chi connectivity index (χ2v) is 5.56. The molecule has 3 rings (SSSR count). The van der Waals surface area contributed by atoms with E-state index in [2.05, 4.69) is 60.0 Å². The zero-order valence-electron chi connectivity index (χ0n) is 10.3. The highest BCUT2D eigenvalue weighted by Crippen LogP contribution is 2.29. The highest BCUT2D eigenvalue weighted by molar-refractivity contribution is 8.02. The van der Waals surface area contributed by atoms with Crippen LogP contribution in [0.4, 0.5) is 0 Å². The Labute approximate surface area is 113 Å². The SMILES string of the molecule is C1=C(Cc2ccccc2)c2ccccc2CCS1. The summed E-state index contributed by atoms with van der Waals surface area (Å²) in [6.45, 7) is 0. The standard InChI is InChI=1S/C17H16S/c1-2-6-14(7-3-1)12-16-13-18-11-10-15-8-4-5-9-17(15)16/h1-9,13H,10-12H2. The Hall–Kier alpha value is -1.47. The van der Waals surface area contributed by atoms with E-state index in [0.717, 1.165) is 6.42 Å². The third-order valence-electron chi connectivity index (χ3n) is 3.32. The lowest BCUT2D eigenvalue weighted by atomic mass is 9.94. The minimum Gasteiger partial charge on any atom is -0.133 e. The lowest BCUT2D eigenvalue weighted by molar-refractivity contribution is 1.14. The maximum Gasteiger partial charge on any atom is 0.00149 e. The van der Waals surface area contributed by atoms with Gasteiger partial charge in [0.05, 0.1) is 0 Å². The first-order chi connectivity index (χ1) is 8.93. The van der Waals surface area contributed by atoms with E-state index in [0.29, 0.717) is 0 Å². The van der Waals surface area contributed by atoms with Crippen LogP contribution in [0.3, 0.4) is 0 Å². The van der Waals surface area contributed by atoms with Gasteiger partial charge in [0, 0.05) is 5.75 Å². The van der Waals surface area contributed by atoms with Crippen molar-refractivity contribution in [2.45, 2.75) is 12.8 Å². The molecule has 0 fully saturated rings. The third-order valence-corrected chi connectivity index (χ3v) is 4.21. The molecule has 0 spiro atoms. The molecule has 0 atom stereocenters. The van der Waals surface area contributed by atoms with Crippen molar-refractivity contribution in [3.63, 3.8) is 0 Å². The molecule has 0 N–H and O–H groups in total. The van der Waals surface area contributed by atoms with Crippen molar-refractivity contribution in [2.24, 2.45) is 0 Å². The van der Waals surface area contributed by atoms with E-state index in [9.17, 15) is 0 Å². The Balaban J connectivity index is 1.94. The van der Waals surface area contributed by atoms with E-state index in [-0.39, 0.29) is 0 Å². The van der Waals surface area contributed by atoms with E-state index in [4.69, 9.17) is 0 Å². The molecular formula is C17H16S. The lowest BCUT2D eigenvalue weighted by Crippen LogP contribution is -1.95. The van der Waals surface area contributed by atoms with Crippen LogP contribution >= 0.6 is 11.8 Å². The molecule has 1 aliphatic heterocycles. The van der Waals surface area contributed by atoms with Gasteiger partial charge in [-0.15, -0.1) is 11.8 Å². The Kier molecular flexibility index (Phi) is 3.51. The minimum absolute atomic E-state index is 1.03. The van der Waals surface area contributed by atoms with Gasteiger partial charge in [-0.05, 0) is 40.5 Å². The van der Waals surface area contributed by atoms with E-state index in [1.54, 1.807) is 0 Å². The van der Waals surface area contributed by atoms with Crippen molar-refractivity contribution in [2.75, 3.05) is 5.75 Å². The third kappa shape index (κ3) is 2.51. The zero-order valence-corrected chi connectivity index (χ0v) is 11.1. The maximum atomic E-state index is 2.35. The predicted octanol–water partition coefficient (Wildman–Crippen LogP) is 4.56. The summed E-state index contributed by atoms with van der Waals surface area (Å²) in [5.41, 5.74) is 5.77. The van der Waals surface area contributed by atoms with E-state index in [1.165, 1.54) is 34.4 Å². The number of thioether (sulfide) groups is 1. The molecule has 18 heavy (non-hydrogen) atoms. The van der Waals surface area contributed by atoms with Crippen LogP contribution in [-0.2, 0) is 12.8 Å². The van der Waals surface area contributed by atoms with Gasteiger partial charge in [0.25, 0.3) is 0 Å². The molecule has 0 radical (unpaired) electrons. The smallest absolute Gasteiger partial charge is 0.00149 e. The molecule has 1 heteroatoms. The molecule has 0 unspecified atom stereocenters. The first-order valence-corrected chi connectivity index (χ1v) is 7.41. The Morgan fingerprint density at radius 3 is 2.56 bits per heavy atom. The molecule has 0 saturated heterocycles. The normalized spacial score (nSPS) is 14.6. The summed E-state index contributed by atoms with van der Waals surface area (Å²) in [6.07, 6.45) is 2.21. The van der Waals surface area contributed by atoms with Crippen LogP contribution in [0.2, 0.25) is 0 Å². The fraction of sp³-hybridized carbons (Fsp3) is 0.176. The summed E-state index contributed by atoms with van der Waals surface area (Å²) in [6, 6.07) is 19.5. The molecule has 90 valence electrons. The number of allylic oxidation sites excluding steroid dienone is 1. The van der Waals surface area contributed by atoms with Gasteiger partial charge in [-0.2, -0.15) is 0 Å². The van der Waals surface area contributed by atoms with Crippen molar-refractivity contribution in [1.29, 1.82) is 0 Å². The molecule has 2 aromatic rings. The van der Waals surface area contributed by atoms with Crippen LogP contribution in [0, 0.1) is 0 Å². The largest absolute Gasteiger partial charge is 0.133 e. The molecule has 0 bridgehead atoms. The summed E-state index contributed by atoms with van der Waals surface area (Å²) in [5.74, 6) is 1.19. The van der Waals surface area contributed by atoms with Crippen LogP contribution in [0.15, 0.2) is 60.0 Å². The summed E-state index contributed by atoms with van der Waals surface area (Å²) < 4.78 is 0. The van der Waals surface area contributed by atoms with Crippen molar-refractivity contribution in [3.05, 3.63) is 76.7 Å². The molecule has 0 nitrogen and oxygen atoms in total. The second kappa shape index (κ2) is 5.45. The first kappa shape index (κ1) is 11.6. The minimum atomic E-state index is 1.03. The molecule has 0 aliphatic carbocycles. The van der Waals surface area contributed by atoms with Crippen LogP contribution in [0.5, 0.6) is 0 Å². The summed E-state index contributed by atoms with van der Waals surface area (Å²) in [5, 5.41) is 2.35. The van der Waals surface area contributed by atoms with Gasteiger partial charge in [-0.1, -0.05) is 54.6 Å².